The van der Waals surface area contributed by atoms with Gasteiger partial charge in [-0.05, 0) is 29.3 Å². The summed E-state index contributed by atoms with van der Waals surface area (Å²) in [5, 5.41) is 0.751. The standard InChI is InChI=1S/C24H18Cl2N2O5S/c1-32-23(30)18-17(13-8-4-6-10-15(13)26)19(24(31)33-2)22-28(20(18)27)21(29)16(34-22)11-12-7-3-5-9-14(12)25/h3-11,17H,27H2,1-2H3. The Labute approximate surface area is 207 Å². The van der Waals surface area contributed by atoms with E-state index in [1.165, 1.54) is 14.2 Å². The molecule has 2 N–H and O–H groups in total. The Morgan fingerprint density at radius 2 is 1.56 bits per heavy atom. The maximum absolute atomic E-state index is 13.4. The van der Waals surface area contributed by atoms with Gasteiger partial charge in [0.05, 0.1) is 35.8 Å². The number of esters is 2. The zero-order valence-corrected chi connectivity index (χ0v) is 20.3. The fourth-order valence-corrected chi connectivity index (χ4v) is 5.41. The van der Waals surface area contributed by atoms with Gasteiger partial charge >= 0.3 is 11.9 Å². The van der Waals surface area contributed by atoms with Gasteiger partial charge in [0.1, 0.15) is 10.5 Å². The number of hydrogen-bond acceptors (Lipinski definition) is 7. The molecule has 4 rings (SSSR count). The van der Waals surface area contributed by atoms with E-state index >= 15 is 0 Å². The molecule has 2 heterocycles. The zero-order valence-electron chi connectivity index (χ0n) is 18.0. The molecule has 0 amide bonds. The van der Waals surface area contributed by atoms with Gasteiger partial charge < -0.3 is 15.2 Å². The quantitative estimate of drug-likeness (QED) is 0.534. The number of carbonyl (C=O) groups excluding carboxylic acids is 2. The topological polar surface area (TPSA) is 101 Å². The number of methoxy groups -OCH3 is 2. The first-order valence-corrected chi connectivity index (χ1v) is 11.5. The number of nitrogens with zero attached hydrogens (tertiary/aromatic N) is 1. The van der Waals surface area contributed by atoms with Crippen molar-refractivity contribution in [1.82, 2.24) is 4.57 Å². The Kier molecular flexibility index (Phi) is 6.65. The summed E-state index contributed by atoms with van der Waals surface area (Å²) < 4.78 is 11.6. The summed E-state index contributed by atoms with van der Waals surface area (Å²) in [5.41, 5.74) is 6.88. The molecule has 2 aromatic carbocycles. The van der Waals surface area contributed by atoms with Crippen molar-refractivity contribution in [2.24, 2.45) is 5.73 Å². The number of benzene rings is 2. The second kappa shape index (κ2) is 9.50. The van der Waals surface area contributed by atoms with E-state index in [1.807, 2.05) is 0 Å². The summed E-state index contributed by atoms with van der Waals surface area (Å²) in [7, 11) is 2.40. The monoisotopic (exact) mass is 516 g/mol. The van der Waals surface area contributed by atoms with Crippen LogP contribution < -0.4 is 20.5 Å². The predicted octanol–water partition coefficient (Wildman–Crippen LogP) is 2.47. The largest absolute Gasteiger partial charge is 0.466 e. The smallest absolute Gasteiger partial charge is 0.338 e. The molecular formula is C24H18Cl2N2O5S. The van der Waals surface area contributed by atoms with Crippen LogP contribution in [-0.4, -0.2) is 30.7 Å². The SMILES string of the molecule is COC(=O)C1=C(N)n2c(sc(=Cc3ccccc3Cl)c2=O)=C(C(=O)OC)C1c1ccccc1Cl. The highest BCUT2D eigenvalue weighted by molar-refractivity contribution is 7.07. The third-order valence-electron chi connectivity index (χ3n) is 5.37. The summed E-state index contributed by atoms with van der Waals surface area (Å²) >= 11 is 13.8. The first-order valence-electron chi connectivity index (χ1n) is 9.93. The van der Waals surface area contributed by atoms with E-state index in [-0.39, 0.29) is 26.2 Å². The molecule has 0 aliphatic carbocycles. The molecule has 10 heteroatoms. The molecule has 1 atom stereocenters. The number of halogens is 2. The van der Waals surface area contributed by atoms with Crippen molar-refractivity contribution < 1.29 is 19.1 Å². The third kappa shape index (κ3) is 3.94. The average molecular weight is 517 g/mol. The maximum Gasteiger partial charge on any atom is 0.338 e. The van der Waals surface area contributed by atoms with E-state index in [9.17, 15) is 14.4 Å². The van der Waals surface area contributed by atoms with Gasteiger partial charge in [0, 0.05) is 10.0 Å². The van der Waals surface area contributed by atoms with Crippen LogP contribution in [0, 0.1) is 0 Å². The van der Waals surface area contributed by atoms with Gasteiger partial charge in [0.25, 0.3) is 5.56 Å². The molecule has 0 spiro atoms. The van der Waals surface area contributed by atoms with Crippen LogP contribution in [0.5, 0.6) is 0 Å². The Morgan fingerprint density at radius 1 is 0.971 bits per heavy atom. The molecule has 0 radical (unpaired) electrons. The lowest BCUT2D eigenvalue weighted by molar-refractivity contribution is -0.136. The summed E-state index contributed by atoms with van der Waals surface area (Å²) in [5.74, 6) is -2.71. The van der Waals surface area contributed by atoms with E-state index in [2.05, 4.69) is 0 Å². The molecule has 0 saturated heterocycles. The molecule has 174 valence electrons. The molecule has 3 aromatic rings. The maximum atomic E-state index is 13.4. The van der Waals surface area contributed by atoms with E-state index in [0.29, 0.717) is 21.2 Å². The second-order valence-electron chi connectivity index (χ2n) is 7.23. The first-order chi connectivity index (χ1) is 16.3. The number of hydrogen-bond donors (Lipinski definition) is 1. The zero-order chi connectivity index (χ0) is 24.6. The molecule has 34 heavy (non-hydrogen) atoms. The van der Waals surface area contributed by atoms with Crippen molar-refractivity contribution in [3.63, 3.8) is 0 Å². The van der Waals surface area contributed by atoms with Crippen molar-refractivity contribution in [1.29, 1.82) is 0 Å². The predicted molar refractivity (Wildman–Crippen MR) is 132 cm³/mol. The Balaban J connectivity index is 2.17. The van der Waals surface area contributed by atoms with E-state index < -0.39 is 23.4 Å². The van der Waals surface area contributed by atoms with Gasteiger partial charge in [-0.3, -0.25) is 9.36 Å². The Hall–Kier alpha value is -3.33. The Morgan fingerprint density at radius 3 is 2.18 bits per heavy atom. The highest BCUT2D eigenvalue weighted by atomic mass is 35.5. The van der Waals surface area contributed by atoms with Crippen LogP contribution in [0.2, 0.25) is 10.0 Å². The first kappa shape index (κ1) is 23.8. The lowest BCUT2D eigenvalue weighted by Crippen LogP contribution is -2.41. The normalized spacial score (nSPS) is 15.8. The molecule has 0 saturated carbocycles. The van der Waals surface area contributed by atoms with Gasteiger partial charge in [-0.25, -0.2) is 9.59 Å². The van der Waals surface area contributed by atoms with E-state index in [1.54, 1.807) is 54.6 Å². The highest BCUT2D eigenvalue weighted by Crippen LogP contribution is 2.40. The van der Waals surface area contributed by atoms with Gasteiger partial charge in [0.15, 0.2) is 0 Å². The molecule has 1 aliphatic heterocycles. The van der Waals surface area contributed by atoms with Crippen molar-refractivity contribution in [3.05, 3.63) is 94.8 Å². The van der Waals surface area contributed by atoms with Crippen LogP contribution in [0.1, 0.15) is 17.0 Å². The van der Waals surface area contributed by atoms with Gasteiger partial charge in [-0.2, -0.15) is 0 Å². The minimum absolute atomic E-state index is 0.0473. The Bertz CT molecular complexity index is 1540. The average Bonchev–Trinajstić information content (AvgIpc) is 3.15. The number of aromatic nitrogens is 1. The van der Waals surface area contributed by atoms with Crippen LogP contribution in [0.25, 0.3) is 17.5 Å². The number of thiazole rings is 1. The van der Waals surface area contributed by atoms with E-state index in [0.717, 1.165) is 15.9 Å². The van der Waals surface area contributed by atoms with Gasteiger partial charge in [0.2, 0.25) is 0 Å². The van der Waals surface area contributed by atoms with Gasteiger partial charge in [-0.15, -0.1) is 11.3 Å². The lowest BCUT2D eigenvalue weighted by Gasteiger charge is -2.27. The van der Waals surface area contributed by atoms with Crippen LogP contribution in [-0.2, 0) is 19.1 Å². The molecular weight excluding hydrogens is 499 g/mol. The molecule has 0 bridgehead atoms. The summed E-state index contributed by atoms with van der Waals surface area (Å²) in [6, 6.07) is 13.7. The van der Waals surface area contributed by atoms with Crippen LogP contribution in [0.15, 0.2) is 58.9 Å². The number of fused-ring (bicyclic) bond motifs is 1. The van der Waals surface area contributed by atoms with Crippen molar-refractivity contribution in [2.45, 2.75) is 5.92 Å². The summed E-state index contributed by atoms with van der Waals surface area (Å²) in [6.07, 6.45) is 1.60. The fourth-order valence-electron chi connectivity index (χ4n) is 3.82. The number of rotatable bonds is 4. The van der Waals surface area contributed by atoms with Crippen molar-refractivity contribution in [2.75, 3.05) is 14.2 Å². The molecule has 1 aromatic heterocycles. The van der Waals surface area contributed by atoms with Crippen LogP contribution in [0.3, 0.4) is 0 Å². The number of ether oxygens (including phenoxy) is 2. The summed E-state index contributed by atoms with van der Waals surface area (Å²) in [4.78, 5) is 39.4. The highest BCUT2D eigenvalue weighted by Gasteiger charge is 2.40. The molecule has 1 unspecified atom stereocenters. The number of nitrogens with two attached hydrogens (primary N) is 1. The summed E-state index contributed by atoms with van der Waals surface area (Å²) in [6.45, 7) is 0. The lowest BCUT2D eigenvalue weighted by atomic mass is 9.83. The molecule has 1 aliphatic rings. The second-order valence-corrected chi connectivity index (χ2v) is 9.07. The third-order valence-corrected chi connectivity index (χ3v) is 7.16. The minimum atomic E-state index is -1.01. The minimum Gasteiger partial charge on any atom is -0.466 e. The van der Waals surface area contributed by atoms with Crippen molar-refractivity contribution >= 4 is 63.9 Å². The van der Waals surface area contributed by atoms with Gasteiger partial charge in [-0.1, -0.05) is 59.6 Å². The molecule has 7 nitrogen and oxygen atoms in total. The van der Waals surface area contributed by atoms with E-state index in [4.69, 9.17) is 38.4 Å². The van der Waals surface area contributed by atoms with Crippen LogP contribution in [0.4, 0.5) is 0 Å². The molecule has 0 fully saturated rings. The fraction of sp³-hybridized carbons (Fsp3) is 0.125. The van der Waals surface area contributed by atoms with Crippen LogP contribution >= 0.6 is 34.5 Å². The van der Waals surface area contributed by atoms with Crippen molar-refractivity contribution in [3.8, 4) is 0 Å². The number of carbonyl (C=O) groups is 2.